The van der Waals surface area contributed by atoms with Crippen molar-refractivity contribution in [2.24, 2.45) is 10.8 Å². The van der Waals surface area contributed by atoms with E-state index in [1.54, 1.807) is 0 Å². The number of fused-ring (bicyclic) bond motifs is 16. The lowest BCUT2D eigenvalue weighted by Gasteiger charge is -2.36. The Morgan fingerprint density at radius 2 is 0.611 bits per heavy atom. The van der Waals surface area contributed by atoms with E-state index in [0.717, 1.165) is 23.5 Å². The highest BCUT2D eigenvalue weighted by Crippen LogP contribution is 2.64. The third kappa shape index (κ3) is 8.63. The zero-order chi connectivity index (χ0) is 61.6. The maximum atomic E-state index is 2.54. The topological polar surface area (TPSA) is 3.24 Å². The molecule has 90 heavy (non-hydrogen) atoms. The van der Waals surface area contributed by atoms with Gasteiger partial charge in [0, 0.05) is 27.9 Å². The highest BCUT2D eigenvalue weighted by atomic mass is 15.1. The summed E-state index contributed by atoms with van der Waals surface area (Å²) in [6.45, 7) is 23.9. The van der Waals surface area contributed by atoms with Crippen molar-refractivity contribution < 1.29 is 0 Å². The zero-order valence-electron chi connectivity index (χ0n) is 53.6. The number of hydrogen-bond acceptors (Lipinski definition) is 1. The number of rotatable bonds is 9. The van der Waals surface area contributed by atoms with E-state index in [9.17, 15) is 0 Å². The summed E-state index contributed by atoms with van der Waals surface area (Å²) in [6.07, 6.45) is 1.13. The van der Waals surface area contributed by atoms with Crippen molar-refractivity contribution in [3.05, 3.63) is 317 Å². The van der Waals surface area contributed by atoms with Gasteiger partial charge in [-0.05, 0) is 217 Å². The molecule has 0 N–H and O–H groups in total. The van der Waals surface area contributed by atoms with Gasteiger partial charge >= 0.3 is 0 Å². The molecule has 438 valence electrons. The molecule has 0 amide bonds. The fourth-order valence-electron chi connectivity index (χ4n) is 16.6. The second-order valence-corrected chi connectivity index (χ2v) is 29.5. The molecule has 2 atom stereocenters. The first kappa shape index (κ1) is 55.7. The third-order valence-corrected chi connectivity index (χ3v) is 21.1. The van der Waals surface area contributed by atoms with Crippen LogP contribution in [0, 0.1) is 10.8 Å². The summed E-state index contributed by atoms with van der Waals surface area (Å²) in [7, 11) is 0. The summed E-state index contributed by atoms with van der Waals surface area (Å²) in [5.74, 6) is 0.431. The van der Waals surface area contributed by atoms with Gasteiger partial charge < -0.3 is 4.90 Å². The molecule has 0 saturated heterocycles. The van der Waals surface area contributed by atoms with E-state index >= 15 is 0 Å². The lowest BCUT2D eigenvalue weighted by Crippen LogP contribution is -2.26. The molecule has 4 aliphatic rings. The molecule has 0 heterocycles. The first-order chi connectivity index (χ1) is 43.4. The second-order valence-electron chi connectivity index (χ2n) is 29.5. The molecule has 0 radical (unpaired) electrons. The van der Waals surface area contributed by atoms with Gasteiger partial charge in [0.25, 0.3) is 0 Å². The van der Waals surface area contributed by atoms with Crippen molar-refractivity contribution in [1.82, 2.24) is 0 Å². The Kier molecular flexibility index (Phi) is 12.5. The van der Waals surface area contributed by atoms with E-state index in [4.69, 9.17) is 0 Å². The molecule has 12 aromatic carbocycles. The first-order valence-electron chi connectivity index (χ1n) is 32.6. The molecule has 16 rings (SSSR count). The van der Waals surface area contributed by atoms with E-state index in [0.29, 0.717) is 5.92 Å². The Balaban J connectivity index is 0.739. The lowest BCUT2D eigenvalue weighted by atomic mass is 9.68. The van der Waals surface area contributed by atoms with Crippen molar-refractivity contribution >= 4 is 17.1 Å². The van der Waals surface area contributed by atoms with Crippen LogP contribution in [-0.4, -0.2) is 0 Å². The van der Waals surface area contributed by atoms with Crippen LogP contribution >= 0.6 is 0 Å². The van der Waals surface area contributed by atoms with Crippen LogP contribution in [0.15, 0.2) is 267 Å². The van der Waals surface area contributed by atoms with Crippen molar-refractivity contribution in [3.63, 3.8) is 0 Å². The van der Waals surface area contributed by atoms with Crippen molar-refractivity contribution in [2.45, 2.75) is 97.8 Å². The van der Waals surface area contributed by atoms with Gasteiger partial charge in [0.1, 0.15) is 0 Å². The predicted octanol–water partition coefficient (Wildman–Crippen LogP) is 24.3. The third-order valence-electron chi connectivity index (χ3n) is 21.1. The molecule has 1 nitrogen and oxygen atoms in total. The van der Waals surface area contributed by atoms with E-state index < -0.39 is 5.41 Å². The van der Waals surface area contributed by atoms with Gasteiger partial charge in [0.15, 0.2) is 0 Å². The minimum atomic E-state index is -0.477. The van der Waals surface area contributed by atoms with Crippen LogP contribution in [0.4, 0.5) is 17.1 Å². The summed E-state index contributed by atoms with van der Waals surface area (Å²) >= 11 is 0. The number of anilines is 3. The Hall–Kier alpha value is -9.56. The largest absolute Gasteiger partial charge is 0.310 e. The quantitative estimate of drug-likeness (QED) is 0.139. The maximum Gasteiger partial charge on any atom is 0.0725 e. The average molecular weight is 1160 g/mol. The minimum Gasteiger partial charge on any atom is -0.310 e. The summed E-state index contributed by atoms with van der Waals surface area (Å²) < 4.78 is 0. The maximum absolute atomic E-state index is 2.54. The summed E-state index contributed by atoms with van der Waals surface area (Å²) in [4.78, 5) is 2.47. The molecule has 1 heteroatoms. The van der Waals surface area contributed by atoms with Crippen LogP contribution in [-0.2, 0) is 16.2 Å². The van der Waals surface area contributed by atoms with Crippen LogP contribution in [0.25, 0.3) is 89.0 Å². The van der Waals surface area contributed by atoms with Crippen molar-refractivity contribution in [2.75, 3.05) is 4.90 Å². The molecule has 12 aromatic rings. The fraction of sp³-hybridized carbons (Fsp3) is 0.191. The predicted molar refractivity (Wildman–Crippen MR) is 381 cm³/mol. The normalized spacial score (nSPS) is 16.1. The van der Waals surface area contributed by atoms with Crippen molar-refractivity contribution in [1.29, 1.82) is 0 Å². The molecule has 0 fully saturated rings. The van der Waals surface area contributed by atoms with Crippen LogP contribution in [0.2, 0.25) is 0 Å². The Morgan fingerprint density at radius 3 is 1.12 bits per heavy atom. The molecule has 1 spiro atoms. The monoisotopic (exact) mass is 1160 g/mol. The number of hydrogen-bond donors (Lipinski definition) is 0. The summed E-state index contributed by atoms with van der Waals surface area (Å²) in [6, 6.07) is 102. The zero-order valence-corrected chi connectivity index (χ0v) is 53.6. The van der Waals surface area contributed by atoms with Gasteiger partial charge in [-0.2, -0.15) is 0 Å². The highest BCUT2D eigenvalue weighted by Gasteiger charge is 2.52. The first-order valence-corrected chi connectivity index (χ1v) is 32.6. The van der Waals surface area contributed by atoms with Crippen LogP contribution in [0.3, 0.4) is 0 Å². The van der Waals surface area contributed by atoms with E-state index in [-0.39, 0.29) is 21.7 Å². The minimum absolute atomic E-state index is 0.123. The number of nitrogens with zero attached hydrogens (tertiary/aromatic N) is 1. The SMILES string of the molecule is CC(C)(C)CC(c1cccc(-c2ccc3c(c2)C2(c4ccccc4-c4ccc(-c5ccc(-c6ccc7c(c6)C(C)(C)c6cc(N(c8ccc(-c9ccccc9)cc8)c8ccc9c(c8)C(C)(C)c8ccccc8-9)ccc6-7)cc5)cc42)c2ccccc2-3)c1)C(C)(C)C. The molecule has 0 saturated carbocycles. The standard InChI is InChI=1S/C89H77N/c1-85(2,3)55-84(86(4,5)6)64-24-20-23-60(49-64)63-39-46-75-70-27-16-19-30-78(70)89(83(75)52-63)77-29-18-15-26-69(77)74-45-38-62(51-82(74)89)59-33-31-58(32-34-59)61-37-44-71-73-48-43-67(54-81(73)88(9,10)79(71)50-61)90(65-40-35-57(36-41-65)56-21-12-11-13-22-56)66-42-47-72-68-25-14-17-28-76(68)87(7,8)80(72)53-66/h11-54,84H,55H2,1-10H3. The summed E-state index contributed by atoms with van der Waals surface area (Å²) in [5, 5.41) is 0. The van der Waals surface area contributed by atoms with Gasteiger partial charge in [-0.1, -0.05) is 282 Å². The Bertz CT molecular complexity index is 4850. The molecular formula is C89H77N. The van der Waals surface area contributed by atoms with Crippen LogP contribution in [0.5, 0.6) is 0 Å². The molecule has 4 aliphatic carbocycles. The fourth-order valence-corrected chi connectivity index (χ4v) is 16.6. The lowest BCUT2D eigenvalue weighted by molar-refractivity contribution is 0.229. The van der Waals surface area contributed by atoms with Crippen LogP contribution in [0.1, 0.15) is 132 Å². The van der Waals surface area contributed by atoms with Gasteiger partial charge in [0.2, 0.25) is 0 Å². The Labute approximate surface area is 533 Å². The second kappa shape index (κ2) is 20.2. The summed E-state index contributed by atoms with van der Waals surface area (Å²) in [5.41, 5.74) is 35.7. The van der Waals surface area contributed by atoms with Gasteiger partial charge in [-0.25, -0.2) is 0 Å². The molecule has 2 unspecified atom stereocenters. The van der Waals surface area contributed by atoms with E-state index in [1.165, 1.54) is 139 Å². The molecule has 0 aromatic heterocycles. The molecule has 0 bridgehead atoms. The van der Waals surface area contributed by atoms with Gasteiger partial charge in [-0.15, -0.1) is 0 Å². The highest BCUT2D eigenvalue weighted by molar-refractivity contribution is 5.97. The average Bonchev–Trinajstić information content (AvgIpc) is 1.51. The van der Waals surface area contributed by atoms with E-state index in [2.05, 4.69) is 341 Å². The van der Waals surface area contributed by atoms with Gasteiger partial charge in [0.05, 0.1) is 5.41 Å². The molecular weight excluding hydrogens is 1080 g/mol. The van der Waals surface area contributed by atoms with Crippen molar-refractivity contribution in [3.8, 4) is 89.0 Å². The van der Waals surface area contributed by atoms with Crippen LogP contribution < -0.4 is 4.90 Å². The number of benzene rings is 12. The molecule has 0 aliphatic heterocycles. The van der Waals surface area contributed by atoms with Gasteiger partial charge in [-0.3, -0.25) is 0 Å². The Morgan fingerprint density at radius 1 is 0.278 bits per heavy atom. The van der Waals surface area contributed by atoms with E-state index in [1.807, 2.05) is 0 Å². The smallest absolute Gasteiger partial charge is 0.0725 e.